The van der Waals surface area contributed by atoms with E-state index in [4.69, 9.17) is 0 Å². The zero-order chi connectivity index (χ0) is 11.9. The van der Waals surface area contributed by atoms with Crippen molar-refractivity contribution in [2.24, 2.45) is 0 Å². The van der Waals surface area contributed by atoms with Crippen molar-refractivity contribution in [1.82, 2.24) is 5.32 Å². The Kier molecular flexibility index (Phi) is 7.12. The van der Waals surface area contributed by atoms with E-state index >= 15 is 0 Å². The molecule has 92 valence electrons. The van der Waals surface area contributed by atoms with Gasteiger partial charge in [0.1, 0.15) is 6.61 Å². The van der Waals surface area contributed by atoms with E-state index in [-0.39, 0.29) is 11.9 Å². The third kappa shape index (κ3) is 10.1. The summed E-state index contributed by atoms with van der Waals surface area (Å²) in [6.07, 6.45) is -2.68. The van der Waals surface area contributed by atoms with E-state index in [1.807, 2.05) is 0 Å². The summed E-state index contributed by atoms with van der Waals surface area (Å²) in [5, 5.41) is 2.86. The Hall–Kier alpha value is -0.140. The molecule has 0 aliphatic rings. The van der Waals surface area contributed by atoms with Gasteiger partial charge in [0.05, 0.1) is 6.61 Å². The smallest absolute Gasteiger partial charge is 0.371 e. The quantitative estimate of drug-likeness (QED) is 0.680. The van der Waals surface area contributed by atoms with Crippen LogP contribution in [0.4, 0.5) is 13.2 Å². The van der Waals surface area contributed by atoms with Gasteiger partial charge in [-0.3, -0.25) is 4.21 Å². The molecule has 0 spiro atoms. The van der Waals surface area contributed by atoms with Crippen molar-refractivity contribution in [3.05, 3.63) is 0 Å². The second-order valence-electron chi connectivity index (χ2n) is 3.18. The molecule has 0 aromatic carbocycles. The maximum Gasteiger partial charge on any atom is 0.411 e. The topological polar surface area (TPSA) is 38.3 Å². The second kappa shape index (κ2) is 7.19. The maximum atomic E-state index is 11.6. The van der Waals surface area contributed by atoms with Crippen molar-refractivity contribution in [2.45, 2.75) is 18.3 Å². The molecule has 0 aromatic heterocycles. The molecule has 7 heteroatoms. The highest BCUT2D eigenvalue weighted by Gasteiger charge is 2.27. The minimum Gasteiger partial charge on any atom is -0.371 e. The van der Waals surface area contributed by atoms with Gasteiger partial charge in [-0.1, -0.05) is 0 Å². The van der Waals surface area contributed by atoms with Crippen LogP contribution in [0.5, 0.6) is 0 Å². The summed E-state index contributed by atoms with van der Waals surface area (Å²) in [4.78, 5) is 0. The molecule has 0 saturated carbocycles. The molecule has 0 aromatic rings. The fraction of sp³-hybridized carbons (Fsp3) is 1.00. The monoisotopic (exact) mass is 247 g/mol. The third-order valence-corrected chi connectivity index (χ3v) is 2.99. The molecule has 0 aliphatic heterocycles. The molecule has 2 atom stereocenters. The summed E-state index contributed by atoms with van der Waals surface area (Å²) in [6, 6.07) is 0. The van der Waals surface area contributed by atoms with Crippen molar-refractivity contribution in [2.75, 3.05) is 32.6 Å². The molecule has 1 N–H and O–H groups in total. The van der Waals surface area contributed by atoms with Crippen LogP contribution < -0.4 is 5.32 Å². The lowest BCUT2D eigenvalue weighted by Crippen LogP contribution is -2.31. The van der Waals surface area contributed by atoms with E-state index in [0.717, 1.165) is 0 Å². The van der Waals surface area contributed by atoms with Gasteiger partial charge >= 0.3 is 6.18 Å². The molecule has 2 unspecified atom stereocenters. The van der Waals surface area contributed by atoms with E-state index in [1.165, 1.54) is 0 Å². The Morgan fingerprint density at radius 3 is 2.53 bits per heavy atom. The van der Waals surface area contributed by atoms with E-state index in [9.17, 15) is 17.4 Å². The van der Waals surface area contributed by atoms with E-state index in [1.54, 1.807) is 13.2 Å². The van der Waals surface area contributed by atoms with E-state index in [2.05, 4.69) is 10.1 Å². The fourth-order valence-electron chi connectivity index (χ4n) is 0.755. The lowest BCUT2D eigenvalue weighted by molar-refractivity contribution is -0.173. The van der Waals surface area contributed by atoms with Crippen molar-refractivity contribution >= 4 is 10.8 Å². The van der Waals surface area contributed by atoms with Crippen LogP contribution in [0.1, 0.15) is 6.92 Å². The van der Waals surface area contributed by atoms with E-state index in [0.29, 0.717) is 13.1 Å². The summed E-state index contributed by atoms with van der Waals surface area (Å²) in [6.45, 7) is 1.43. The number of rotatable bonds is 7. The van der Waals surface area contributed by atoms with Crippen LogP contribution in [0.15, 0.2) is 0 Å². The van der Waals surface area contributed by atoms with Gasteiger partial charge in [0, 0.05) is 35.4 Å². The first kappa shape index (κ1) is 14.9. The molecule has 15 heavy (non-hydrogen) atoms. The molecule has 0 rings (SSSR count). The summed E-state index contributed by atoms with van der Waals surface area (Å²) < 4.78 is 50.1. The van der Waals surface area contributed by atoms with Gasteiger partial charge in [-0.2, -0.15) is 13.2 Å². The second-order valence-corrected chi connectivity index (χ2v) is 4.98. The molecule has 0 aliphatic carbocycles. The Balaban J connectivity index is 3.29. The van der Waals surface area contributed by atoms with Crippen LogP contribution >= 0.6 is 0 Å². The number of halogens is 3. The first-order valence-corrected chi connectivity index (χ1v) is 6.12. The molecule has 0 fully saturated rings. The SMILES string of the molecule is CC(CNCCOCC(F)(F)F)S(C)=O. The van der Waals surface area contributed by atoms with Crippen molar-refractivity contribution in [3.63, 3.8) is 0 Å². The van der Waals surface area contributed by atoms with Crippen LogP contribution in [0.2, 0.25) is 0 Å². The first-order valence-electron chi connectivity index (χ1n) is 4.50. The molecule has 0 radical (unpaired) electrons. The number of alkyl halides is 3. The number of ether oxygens (including phenoxy) is 1. The standard InChI is InChI=1S/C8H16F3NO2S/c1-7(15(2)13)5-12-3-4-14-6-8(9,10)11/h7,12H,3-6H2,1-2H3. The average molecular weight is 247 g/mol. The van der Waals surface area contributed by atoms with Gasteiger partial charge in [-0.05, 0) is 6.92 Å². The van der Waals surface area contributed by atoms with Crippen molar-refractivity contribution < 1.29 is 22.1 Å². The highest BCUT2D eigenvalue weighted by Crippen LogP contribution is 2.13. The normalized spacial score (nSPS) is 16.3. The molecule has 0 bridgehead atoms. The number of hydrogen-bond acceptors (Lipinski definition) is 3. The van der Waals surface area contributed by atoms with Gasteiger partial charge in [0.25, 0.3) is 0 Å². The van der Waals surface area contributed by atoms with E-state index < -0.39 is 23.6 Å². The Bertz CT molecular complexity index is 199. The van der Waals surface area contributed by atoms with Crippen LogP contribution in [-0.2, 0) is 15.5 Å². The molecule has 0 heterocycles. The summed E-state index contributed by atoms with van der Waals surface area (Å²) in [5.74, 6) is 0. The number of hydrogen-bond donors (Lipinski definition) is 1. The van der Waals surface area contributed by atoms with Crippen LogP contribution in [0.3, 0.4) is 0 Å². The third-order valence-electron chi connectivity index (χ3n) is 1.69. The average Bonchev–Trinajstić information content (AvgIpc) is 2.08. The zero-order valence-electron chi connectivity index (χ0n) is 8.76. The predicted molar refractivity (Wildman–Crippen MR) is 53.3 cm³/mol. The Morgan fingerprint density at radius 1 is 1.47 bits per heavy atom. The summed E-state index contributed by atoms with van der Waals surface area (Å²) in [7, 11) is -0.915. The summed E-state index contributed by atoms with van der Waals surface area (Å²) >= 11 is 0. The van der Waals surface area contributed by atoms with Crippen LogP contribution in [-0.4, -0.2) is 48.2 Å². The fourth-order valence-corrected chi connectivity index (χ4v) is 1.11. The molecule has 0 saturated heterocycles. The summed E-state index contributed by atoms with van der Waals surface area (Å²) in [5.41, 5.74) is 0. The minimum absolute atomic E-state index is 0.00256. The van der Waals surface area contributed by atoms with Crippen molar-refractivity contribution in [3.8, 4) is 0 Å². The van der Waals surface area contributed by atoms with Crippen molar-refractivity contribution in [1.29, 1.82) is 0 Å². The molecule has 0 amide bonds. The molecular weight excluding hydrogens is 231 g/mol. The Morgan fingerprint density at radius 2 is 2.07 bits per heavy atom. The maximum absolute atomic E-state index is 11.6. The highest BCUT2D eigenvalue weighted by atomic mass is 32.2. The lowest BCUT2D eigenvalue weighted by atomic mass is 10.4. The predicted octanol–water partition coefficient (Wildman–Crippen LogP) is 0.922. The largest absolute Gasteiger partial charge is 0.411 e. The molecule has 3 nitrogen and oxygen atoms in total. The zero-order valence-corrected chi connectivity index (χ0v) is 9.58. The van der Waals surface area contributed by atoms with Gasteiger partial charge in [0.15, 0.2) is 0 Å². The van der Waals surface area contributed by atoms with Gasteiger partial charge < -0.3 is 10.1 Å². The first-order chi connectivity index (χ1) is 6.83. The van der Waals surface area contributed by atoms with Crippen LogP contribution in [0, 0.1) is 0 Å². The number of nitrogens with one attached hydrogen (secondary N) is 1. The lowest BCUT2D eigenvalue weighted by Gasteiger charge is -2.10. The minimum atomic E-state index is -4.27. The Labute approximate surface area is 89.8 Å². The van der Waals surface area contributed by atoms with Gasteiger partial charge in [-0.25, -0.2) is 0 Å². The highest BCUT2D eigenvalue weighted by molar-refractivity contribution is 7.84. The van der Waals surface area contributed by atoms with Crippen LogP contribution in [0.25, 0.3) is 0 Å². The molecular formula is C8H16F3NO2S. The van der Waals surface area contributed by atoms with Gasteiger partial charge in [-0.15, -0.1) is 0 Å². The van der Waals surface area contributed by atoms with Gasteiger partial charge in [0.2, 0.25) is 0 Å².